The highest BCUT2D eigenvalue weighted by Gasteiger charge is 2.32. The van der Waals surface area contributed by atoms with Crippen LogP contribution in [0.15, 0.2) is 24.5 Å². The van der Waals surface area contributed by atoms with E-state index in [0.29, 0.717) is 32.5 Å². The number of carbonyl (C=O) groups is 2. The van der Waals surface area contributed by atoms with Crippen LogP contribution in [0.5, 0.6) is 0 Å². The summed E-state index contributed by atoms with van der Waals surface area (Å²) in [5.74, 6) is -0.788. The molecule has 1 aliphatic rings. The lowest BCUT2D eigenvalue weighted by atomic mass is 9.95. The number of carbonyl (C=O) groups excluding carboxylic acids is 2. The largest absolute Gasteiger partial charge is 0.350 e. The Morgan fingerprint density at radius 3 is 2.48 bits per heavy atom. The van der Waals surface area contributed by atoms with Crippen molar-refractivity contribution in [2.45, 2.75) is 39.3 Å². The van der Waals surface area contributed by atoms with E-state index in [1.165, 1.54) is 10.6 Å². The Kier molecular flexibility index (Phi) is 7.32. The van der Waals surface area contributed by atoms with Crippen molar-refractivity contribution >= 4 is 21.8 Å². The lowest BCUT2D eigenvalue weighted by Gasteiger charge is -2.31. The van der Waals surface area contributed by atoms with Crippen LogP contribution in [0.2, 0.25) is 0 Å². The van der Waals surface area contributed by atoms with E-state index in [0.717, 1.165) is 5.56 Å². The molecule has 9 heteroatoms. The first-order valence-corrected chi connectivity index (χ1v) is 11.0. The van der Waals surface area contributed by atoms with Crippen molar-refractivity contribution < 1.29 is 18.0 Å². The van der Waals surface area contributed by atoms with Crippen molar-refractivity contribution in [3.8, 4) is 0 Å². The van der Waals surface area contributed by atoms with Crippen LogP contribution in [0.1, 0.15) is 32.3 Å². The fourth-order valence-corrected chi connectivity index (χ4v) is 3.93. The van der Waals surface area contributed by atoms with Crippen LogP contribution < -0.4 is 10.6 Å². The molecule has 1 aliphatic heterocycles. The molecule has 0 unspecified atom stereocenters. The van der Waals surface area contributed by atoms with Crippen LogP contribution in [-0.4, -0.2) is 54.9 Å². The van der Waals surface area contributed by atoms with Gasteiger partial charge in [-0.3, -0.25) is 14.6 Å². The average Bonchev–Trinajstić information content (AvgIpc) is 2.64. The lowest BCUT2D eigenvalue weighted by molar-refractivity contribution is -0.132. The summed E-state index contributed by atoms with van der Waals surface area (Å²) in [6, 6.07) is 3.03. The average molecular weight is 397 g/mol. The third kappa shape index (κ3) is 6.28. The van der Waals surface area contributed by atoms with Gasteiger partial charge in [-0.05, 0) is 30.4 Å². The van der Waals surface area contributed by atoms with Crippen LogP contribution in [0.25, 0.3) is 0 Å². The number of pyridine rings is 1. The summed E-state index contributed by atoms with van der Waals surface area (Å²) in [4.78, 5) is 29.1. The van der Waals surface area contributed by atoms with Crippen molar-refractivity contribution in [1.82, 2.24) is 19.9 Å². The molecule has 1 saturated heterocycles. The number of aromatic nitrogens is 1. The minimum atomic E-state index is -3.23. The van der Waals surface area contributed by atoms with Gasteiger partial charge >= 0.3 is 0 Å². The molecule has 1 atom stereocenters. The minimum Gasteiger partial charge on any atom is -0.350 e. The highest BCUT2D eigenvalue weighted by atomic mass is 32.2. The highest BCUT2D eigenvalue weighted by Crippen LogP contribution is 2.20. The van der Waals surface area contributed by atoms with E-state index < -0.39 is 16.1 Å². The van der Waals surface area contributed by atoms with Gasteiger partial charge in [0.25, 0.3) is 0 Å². The summed E-state index contributed by atoms with van der Waals surface area (Å²) in [5, 5.41) is 5.68. The number of rotatable bonds is 7. The van der Waals surface area contributed by atoms with Gasteiger partial charge in [0.2, 0.25) is 21.8 Å². The number of hydrogen-bond donors (Lipinski definition) is 2. The van der Waals surface area contributed by atoms with Crippen LogP contribution in [0.4, 0.5) is 0 Å². The van der Waals surface area contributed by atoms with E-state index in [1.807, 2.05) is 19.9 Å². The first-order chi connectivity index (χ1) is 12.7. The summed E-state index contributed by atoms with van der Waals surface area (Å²) < 4.78 is 24.5. The van der Waals surface area contributed by atoms with Crippen molar-refractivity contribution in [3.05, 3.63) is 30.1 Å². The molecule has 8 nitrogen and oxygen atoms in total. The second-order valence-electron chi connectivity index (χ2n) is 7.25. The monoisotopic (exact) mass is 396 g/mol. The van der Waals surface area contributed by atoms with Crippen LogP contribution >= 0.6 is 0 Å². The molecular formula is C18H28N4O4S. The van der Waals surface area contributed by atoms with Crippen molar-refractivity contribution in [2.75, 3.05) is 19.3 Å². The quantitative estimate of drug-likeness (QED) is 0.698. The van der Waals surface area contributed by atoms with Gasteiger partial charge in [0, 0.05) is 37.9 Å². The van der Waals surface area contributed by atoms with E-state index in [9.17, 15) is 18.0 Å². The molecule has 0 bridgehead atoms. The first-order valence-electron chi connectivity index (χ1n) is 9.10. The molecule has 1 aromatic rings. The van der Waals surface area contributed by atoms with Gasteiger partial charge in [-0.15, -0.1) is 0 Å². The third-order valence-corrected chi connectivity index (χ3v) is 6.03. The molecule has 1 aromatic heterocycles. The van der Waals surface area contributed by atoms with Gasteiger partial charge in [-0.25, -0.2) is 12.7 Å². The number of nitrogens with zero attached hydrogens (tertiary/aromatic N) is 2. The highest BCUT2D eigenvalue weighted by molar-refractivity contribution is 7.88. The molecule has 150 valence electrons. The van der Waals surface area contributed by atoms with Gasteiger partial charge in [0.15, 0.2) is 0 Å². The fraction of sp³-hybridized carbons (Fsp3) is 0.611. The molecule has 2 rings (SSSR count). The Morgan fingerprint density at radius 1 is 1.30 bits per heavy atom. The second-order valence-corrected chi connectivity index (χ2v) is 9.23. The van der Waals surface area contributed by atoms with Crippen molar-refractivity contribution in [2.24, 2.45) is 11.8 Å². The van der Waals surface area contributed by atoms with Gasteiger partial charge in [-0.2, -0.15) is 0 Å². The molecular weight excluding hydrogens is 368 g/mol. The normalized spacial score (nSPS) is 17.5. The molecule has 2 heterocycles. The number of sulfonamides is 1. The predicted octanol–water partition coefficient (Wildman–Crippen LogP) is 0.510. The number of amides is 2. The lowest BCUT2D eigenvalue weighted by Crippen LogP contribution is -2.52. The van der Waals surface area contributed by atoms with Crippen molar-refractivity contribution in [3.63, 3.8) is 0 Å². The molecule has 0 aliphatic carbocycles. The van der Waals surface area contributed by atoms with Crippen LogP contribution in [0.3, 0.4) is 0 Å². The molecule has 0 saturated carbocycles. The van der Waals surface area contributed by atoms with Gasteiger partial charge < -0.3 is 10.6 Å². The van der Waals surface area contributed by atoms with Crippen LogP contribution in [0, 0.1) is 11.8 Å². The molecule has 27 heavy (non-hydrogen) atoms. The Bertz CT molecular complexity index is 744. The molecule has 0 radical (unpaired) electrons. The minimum absolute atomic E-state index is 0.0704. The Balaban J connectivity index is 1.89. The molecule has 0 aromatic carbocycles. The van der Waals surface area contributed by atoms with Gasteiger partial charge in [-0.1, -0.05) is 19.9 Å². The van der Waals surface area contributed by atoms with Gasteiger partial charge in [0.1, 0.15) is 6.04 Å². The zero-order valence-corrected chi connectivity index (χ0v) is 16.8. The SMILES string of the molecule is CC(C)[C@H](NC(=O)C1CCN(S(C)(=O)=O)CC1)C(=O)NCc1cccnc1. The van der Waals surface area contributed by atoms with E-state index in [-0.39, 0.29) is 23.7 Å². The fourth-order valence-electron chi connectivity index (χ4n) is 3.06. The topological polar surface area (TPSA) is 108 Å². The Hall–Kier alpha value is -2.00. The van der Waals surface area contributed by atoms with Crippen LogP contribution in [-0.2, 0) is 26.2 Å². The summed E-state index contributed by atoms with van der Waals surface area (Å²) in [6.07, 6.45) is 5.44. The van der Waals surface area contributed by atoms with E-state index in [4.69, 9.17) is 0 Å². The smallest absolute Gasteiger partial charge is 0.243 e. The second kappa shape index (κ2) is 9.27. The van der Waals surface area contributed by atoms with E-state index in [2.05, 4.69) is 15.6 Å². The van der Waals surface area contributed by atoms with Crippen molar-refractivity contribution in [1.29, 1.82) is 0 Å². The molecule has 2 N–H and O–H groups in total. The maximum absolute atomic E-state index is 12.6. The van der Waals surface area contributed by atoms with Gasteiger partial charge in [0.05, 0.1) is 6.26 Å². The zero-order valence-electron chi connectivity index (χ0n) is 16.0. The number of nitrogens with one attached hydrogen (secondary N) is 2. The summed E-state index contributed by atoms with van der Waals surface area (Å²) in [5.41, 5.74) is 0.882. The van der Waals surface area contributed by atoms with E-state index in [1.54, 1.807) is 18.5 Å². The third-order valence-electron chi connectivity index (χ3n) is 4.73. The summed E-state index contributed by atoms with van der Waals surface area (Å²) >= 11 is 0. The predicted molar refractivity (Wildman–Crippen MR) is 102 cm³/mol. The molecule has 0 spiro atoms. The Morgan fingerprint density at radius 2 is 1.96 bits per heavy atom. The number of piperidine rings is 1. The first kappa shape index (κ1) is 21.3. The maximum Gasteiger partial charge on any atom is 0.243 e. The zero-order chi connectivity index (χ0) is 20.0. The number of hydrogen-bond acceptors (Lipinski definition) is 5. The standard InChI is InChI=1S/C18H28N4O4S/c1-13(2)16(18(24)20-12-14-5-4-8-19-11-14)21-17(23)15-6-9-22(10-7-15)27(3,25)26/h4-5,8,11,13,15-16H,6-7,9-10,12H2,1-3H3,(H,20,24)(H,21,23)/t16-/m0/s1. The summed E-state index contributed by atoms with van der Waals surface area (Å²) in [7, 11) is -3.23. The van der Waals surface area contributed by atoms with E-state index >= 15 is 0 Å². The Labute approximate surface area is 160 Å². The molecule has 1 fully saturated rings. The summed E-state index contributed by atoms with van der Waals surface area (Å²) in [6.45, 7) is 4.76. The maximum atomic E-state index is 12.6. The molecule has 2 amide bonds.